The van der Waals surface area contributed by atoms with Gasteiger partial charge >= 0.3 is 5.97 Å². The molecule has 0 aliphatic heterocycles. The standard InChI is InChI=1S/C29H37N5O6/c1-3-17(2)25(30)28(38)32-22(14-19-15-31-21-12-8-7-11-20(19)21)26(36)34-24(16-35)27(37)33-23(29(39)40)13-18-9-5-4-6-10-18/h4-12,15,17,22-25,31,35H,3,13-14,16,30H2,1-2H3,(H,32,38)(H,33,37)(H,34,36)(H,39,40). The van der Waals surface area contributed by atoms with Crippen LogP contribution in [-0.4, -0.2) is 69.7 Å². The lowest BCUT2D eigenvalue weighted by Gasteiger charge is -2.25. The summed E-state index contributed by atoms with van der Waals surface area (Å²) >= 11 is 0. The van der Waals surface area contributed by atoms with Crippen LogP contribution in [0.25, 0.3) is 10.9 Å². The van der Waals surface area contributed by atoms with Crippen LogP contribution in [0.2, 0.25) is 0 Å². The smallest absolute Gasteiger partial charge is 0.326 e. The van der Waals surface area contributed by atoms with Crippen LogP contribution < -0.4 is 21.7 Å². The Bertz CT molecular complexity index is 1310. The molecule has 5 unspecified atom stereocenters. The molecule has 5 atom stereocenters. The molecule has 1 heterocycles. The van der Waals surface area contributed by atoms with Gasteiger partial charge in [0.25, 0.3) is 0 Å². The zero-order chi connectivity index (χ0) is 29.2. The molecule has 0 fully saturated rings. The Morgan fingerprint density at radius 2 is 1.45 bits per heavy atom. The van der Waals surface area contributed by atoms with E-state index in [2.05, 4.69) is 20.9 Å². The van der Waals surface area contributed by atoms with Crippen molar-refractivity contribution in [3.8, 4) is 0 Å². The first-order chi connectivity index (χ1) is 19.1. The number of amides is 3. The predicted molar refractivity (Wildman–Crippen MR) is 150 cm³/mol. The lowest BCUT2D eigenvalue weighted by molar-refractivity contribution is -0.142. The van der Waals surface area contributed by atoms with Crippen LogP contribution in [0.15, 0.2) is 60.8 Å². The summed E-state index contributed by atoms with van der Waals surface area (Å²) < 4.78 is 0. The van der Waals surface area contributed by atoms with Gasteiger partial charge in [0, 0.05) is 29.9 Å². The van der Waals surface area contributed by atoms with E-state index in [-0.39, 0.29) is 18.8 Å². The maximum Gasteiger partial charge on any atom is 0.326 e. The second kappa shape index (κ2) is 14.2. The van der Waals surface area contributed by atoms with Crippen LogP contribution in [-0.2, 0) is 32.0 Å². The number of carbonyl (C=O) groups is 4. The molecule has 0 saturated carbocycles. The number of carboxylic acid groups (broad SMARTS) is 1. The number of nitrogens with one attached hydrogen (secondary N) is 4. The second-order valence-corrected chi connectivity index (χ2v) is 9.87. The molecule has 0 aliphatic carbocycles. The van der Waals surface area contributed by atoms with Gasteiger partial charge in [-0.15, -0.1) is 0 Å². The van der Waals surface area contributed by atoms with Crippen LogP contribution in [0.3, 0.4) is 0 Å². The van der Waals surface area contributed by atoms with Gasteiger partial charge in [0.2, 0.25) is 17.7 Å². The number of aromatic nitrogens is 1. The van der Waals surface area contributed by atoms with Gasteiger partial charge in [-0.25, -0.2) is 4.79 Å². The quantitative estimate of drug-likeness (QED) is 0.155. The summed E-state index contributed by atoms with van der Waals surface area (Å²) in [4.78, 5) is 54.2. The van der Waals surface area contributed by atoms with E-state index in [1.165, 1.54) is 0 Å². The fraction of sp³-hybridized carbons (Fsp3) is 0.379. The molecule has 11 nitrogen and oxygen atoms in total. The van der Waals surface area contributed by atoms with Crippen LogP contribution in [0.4, 0.5) is 0 Å². The molecule has 0 spiro atoms. The van der Waals surface area contributed by atoms with Gasteiger partial charge in [-0.3, -0.25) is 14.4 Å². The largest absolute Gasteiger partial charge is 0.480 e. The highest BCUT2D eigenvalue weighted by molar-refractivity contribution is 5.95. The molecule has 3 rings (SSSR count). The third kappa shape index (κ3) is 7.90. The van der Waals surface area contributed by atoms with E-state index in [1.54, 1.807) is 36.5 Å². The molecule has 11 heteroatoms. The molecular weight excluding hydrogens is 514 g/mol. The number of fused-ring (bicyclic) bond motifs is 1. The van der Waals surface area contributed by atoms with Gasteiger partial charge in [-0.2, -0.15) is 0 Å². The highest BCUT2D eigenvalue weighted by Crippen LogP contribution is 2.19. The normalized spacial score (nSPS) is 14.9. The summed E-state index contributed by atoms with van der Waals surface area (Å²) in [6.45, 7) is 2.95. The Morgan fingerprint density at radius 3 is 2.10 bits per heavy atom. The summed E-state index contributed by atoms with van der Waals surface area (Å²) in [7, 11) is 0. The minimum Gasteiger partial charge on any atom is -0.480 e. The average molecular weight is 552 g/mol. The first kappa shape index (κ1) is 30.3. The van der Waals surface area contributed by atoms with Gasteiger partial charge in [-0.1, -0.05) is 68.8 Å². The predicted octanol–water partition coefficient (Wildman–Crippen LogP) is 0.858. The monoisotopic (exact) mass is 551 g/mol. The number of nitrogens with two attached hydrogens (primary N) is 1. The number of benzene rings is 2. The molecule has 3 amide bonds. The molecule has 0 radical (unpaired) electrons. The van der Waals surface area contributed by atoms with Crippen molar-refractivity contribution in [3.05, 3.63) is 71.9 Å². The molecule has 0 bridgehead atoms. The number of H-pyrrole nitrogens is 1. The van der Waals surface area contributed by atoms with Crippen LogP contribution in [0.1, 0.15) is 31.4 Å². The Hall–Kier alpha value is -4.22. The van der Waals surface area contributed by atoms with Gasteiger partial charge in [0.1, 0.15) is 18.1 Å². The lowest BCUT2D eigenvalue weighted by atomic mass is 9.98. The second-order valence-electron chi connectivity index (χ2n) is 9.87. The number of hydrogen-bond donors (Lipinski definition) is 7. The minimum absolute atomic E-state index is 0.0146. The molecule has 40 heavy (non-hydrogen) atoms. The van der Waals surface area contributed by atoms with E-state index >= 15 is 0 Å². The van der Waals surface area contributed by atoms with Crippen LogP contribution >= 0.6 is 0 Å². The van der Waals surface area contributed by atoms with Crippen LogP contribution in [0.5, 0.6) is 0 Å². The summed E-state index contributed by atoms with van der Waals surface area (Å²) in [5.41, 5.74) is 8.40. The summed E-state index contributed by atoms with van der Waals surface area (Å²) in [5, 5.41) is 27.9. The Kier molecular flexibility index (Phi) is 10.8. The molecule has 0 saturated heterocycles. The average Bonchev–Trinajstić information content (AvgIpc) is 3.37. The van der Waals surface area contributed by atoms with Crippen molar-refractivity contribution in [3.63, 3.8) is 0 Å². The highest BCUT2D eigenvalue weighted by Gasteiger charge is 2.31. The number of rotatable bonds is 14. The van der Waals surface area contributed by atoms with Crippen molar-refractivity contribution in [1.82, 2.24) is 20.9 Å². The van der Waals surface area contributed by atoms with E-state index in [4.69, 9.17) is 5.73 Å². The van der Waals surface area contributed by atoms with E-state index < -0.39 is 54.5 Å². The SMILES string of the molecule is CCC(C)C(N)C(=O)NC(Cc1c[nH]c2ccccc12)C(=O)NC(CO)C(=O)NC(Cc1ccccc1)C(=O)O. The topological polar surface area (TPSA) is 187 Å². The van der Waals surface area contributed by atoms with Gasteiger partial charge in [0.05, 0.1) is 12.6 Å². The number of aromatic amines is 1. The Balaban J connectivity index is 1.77. The minimum atomic E-state index is -1.45. The maximum atomic E-state index is 13.4. The van der Waals surface area contributed by atoms with E-state index in [1.807, 2.05) is 38.1 Å². The lowest BCUT2D eigenvalue weighted by Crippen LogP contribution is -2.59. The maximum absolute atomic E-state index is 13.4. The fourth-order valence-corrected chi connectivity index (χ4v) is 4.30. The number of carboxylic acids is 1. The third-order valence-corrected chi connectivity index (χ3v) is 7.00. The van der Waals surface area contributed by atoms with Crippen molar-refractivity contribution in [2.75, 3.05) is 6.61 Å². The number of aliphatic hydroxyl groups is 1. The van der Waals surface area contributed by atoms with E-state index in [0.717, 1.165) is 16.5 Å². The fourth-order valence-electron chi connectivity index (χ4n) is 4.30. The highest BCUT2D eigenvalue weighted by atomic mass is 16.4. The van der Waals surface area contributed by atoms with E-state index in [9.17, 15) is 29.4 Å². The van der Waals surface area contributed by atoms with Crippen molar-refractivity contribution >= 4 is 34.6 Å². The molecule has 2 aromatic carbocycles. The first-order valence-electron chi connectivity index (χ1n) is 13.2. The first-order valence-corrected chi connectivity index (χ1v) is 13.2. The number of aliphatic carboxylic acids is 1. The van der Waals surface area contributed by atoms with Crippen LogP contribution in [0, 0.1) is 5.92 Å². The molecular formula is C29H37N5O6. The van der Waals surface area contributed by atoms with E-state index in [0.29, 0.717) is 12.0 Å². The summed E-state index contributed by atoms with van der Waals surface area (Å²) in [6.07, 6.45) is 2.50. The molecule has 214 valence electrons. The Morgan fingerprint density at radius 1 is 0.850 bits per heavy atom. The zero-order valence-corrected chi connectivity index (χ0v) is 22.6. The van der Waals surface area contributed by atoms with Crippen molar-refractivity contribution in [2.24, 2.45) is 11.7 Å². The zero-order valence-electron chi connectivity index (χ0n) is 22.6. The van der Waals surface area contributed by atoms with Crippen molar-refractivity contribution in [1.29, 1.82) is 0 Å². The molecule has 8 N–H and O–H groups in total. The number of aliphatic hydroxyl groups excluding tert-OH is 1. The Labute approximate surface area is 232 Å². The van der Waals surface area contributed by atoms with Crippen molar-refractivity contribution in [2.45, 2.75) is 57.3 Å². The molecule has 1 aromatic heterocycles. The van der Waals surface area contributed by atoms with Gasteiger partial charge < -0.3 is 36.9 Å². The number of carbonyl (C=O) groups excluding carboxylic acids is 3. The number of para-hydroxylation sites is 1. The van der Waals surface area contributed by atoms with Gasteiger partial charge in [0.15, 0.2) is 0 Å². The third-order valence-electron chi connectivity index (χ3n) is 7.00. The number of hydrogen-bond acceptors (Lipinski definition) is 6. The molecule has 3 aromatic rings. The summed E-state index contributed by atoms with van der Waals surface area (Å²) in [6, 6.07) is 11.5. The van der Waals surface area contributed by atoms with Gasteiger partial charge in [-0.05, 0) is 23.1 Å². The summed E-state index contributed by atoms with van der Waals surface area (Å²) in [5.74, 6) is -3.51. The van der Waals surface area contributed by atoms with Crippen molar-refractivity contribution < 1.29 is 29.4 Å². The molecule has 0 aliphatic rings.